The molecular weight excluding hydrogens is 312 g/mol. The summed E-state index contributed by atoms with van der Waals surface area (Å²) < 4.78 is 6.38. The van der Waals surface area contributed by atoms with Crippen molar-refractivity contribution < 1.29 is 14.3 Å². The zero-order chi connectivity index (χ0) is 16.3. The minimum atomic E-state index is -1.24. The lowest BCUT2D eigenvalue weighted by atomic mass is 10.0. The molecule has 0 aliphatic carbocycles. The molecule has 0 aliphatic heterocycles. The maximum Gasteiger partial charge on any atom is 0.315 e. The number of amides is 2. The molecule has 120 valence electrons. The van der Waals surface area contributed by atoms with Gasteiger partial charge in [-0.25, -0.2) is 4.79 Å². The van der Waals surface area contributed by atoms with Crippen molar-refractivity contribution >= 4 is 27.5 Å². The maximum atomic E-state index is 11.9. The number of hydrogen-bond acceptors (Lipinski definition) is 4. The molecule has 2 amide bonds. The highest BCUT2D eigenvalue weighted by Gasteiger charge is 2.26. The fourth-order valence-electron chi connectivity index (χ4n) is 2.33. The van der Waals surface area contributed by atoms with E-state index in [1.165, 1.54) is 11.0 Å². The Labute approximate surface area is 137 Å². The summed E-state index contributed by atoms with van der Waals surface area (Å²) in [7, 11) is 0. The van der Waals surface area contributed by atoms with Crippen LogP contribution in [0.15, 0.2) is 52.5 Å². The van der Waals surface area contributed by atoms with Crippen LogP contribution in [0.4, 0.5) is 4.79 Å². The molecule has 0 saturated heterocycles. The van der Waals surface area contributed by atoms with Crippen LogP contribution < -0.4 is 10.6 Å². The Balaban J connectivity index is 1.54. The number of urea groups is 1. The second-order valence-electron chi connectivity index (χ2n) is 5.54. The van der Waals surface area contributed by atoms with Crippen molar-refractivity contribution in [2.45, 2.75) is 19.1 Å². The number of carbonyl (C=O) groups excluding carboxylic acids is 1. The molecule has 0 bridgehead atoms. The molecule has 2 aromatic heterocycles. The summed E-state index contributed by atoms with van der Waals surface area (Å²) in [4.78, 5) is 11.9. The molecule has 23 heavy (non-hydrogen) atoms. The average molecular weight is 330 g/mol. The molecule has 3 aromatic rings. The first-order chi connectivity index (χ1) is 11.1. The van der Waals surface area contributed by atoms with Crippen LogP contribution in [0, 0.1) is 0 Å². The largest absolute Gasteiger partial charge is 0.466 e. The van der Waals surface area contributed by atoms with Gasteiger partial charge in [0.05, 0.1) is 12.8 Å². The summed E-state index contributed by atoms with van der Waals surface area (Å²) in [6, 6.07) is 11.1. The van der Waals surface area contributed by atoms with E-state index in [2.05, 4.69) is 16.7 Å². The molecule has 0 saturated carbocycles. The minimum Gasteiger partial charge on any atom is -0.466 e. The molecule has 0 fully saturated rings. The van der Waals surface area contributed by atoms with Crippen molar-refractivity contribution in [3.8, 4) is 0 Å². The van der Waals surface area contributed by atoms with Gasteiger partial charge in [0.1, 0.15) is 11.4 Å². The van der Waals surface area contributed by atoms with Crippen LogP contribution in [0.2, 0.25) is 0 Å². The molecule has 1 aromatic carbocycles. The molecule has 3 N–H and O–H groups in total. The first-order valence-electron chi connectivity index (χ1n) is 7.29. The third kappa shape index (κ3) is 3.55. The van der Waals surface area contributed by atoms with E-state index in [0.29, 0.717) is 12.3 Å². The van der Waals surface area contributed by atoms with Crippen molar-refractivity contribution in [3.63, 3.8) is 0 Å². The van der Waals surface area contributed by atoms with Crippen molar-refractivity contribution in [1.82, 2.24) is 10.6 Å². The zero-order valence-corrected chi connectivity index (χ0v) is 13.5. The first kappa shape index (κ1) is 15.6. The van der Waals surface area contributed by atoms with Gasteiger partial charge in [-0.3, -0.25) is 0 Å². The van der Waals surface area contributed by atoms with Gasteiger partial charge < -0.3 is 20.2 Å². The van der Waals surface area contributed by atoms with E-state index < -0.39 is 5.60 Å². The number of nitrogens with one attached hydrogen (secondary N) is 2. The van der Waals surface area contributed by atoms with E-state index in [4.69, 9.17) is 4.42 Å². The van der Waals surface area contributed by atoms with Gasteiger partial charge in [-0.1, -0.05) is 18.2 Å². The summed E-state index contributed by atoms with van der Waals surface area (Å²) in [5, 5.41) is 19.0. The summed E-state index contributed by atoms with van der Waals surface area (Å²) in [5.74, 6) is 0.418. The topological polar surface area (TPSA) is 74.5 Å². The van der Waals surface area contributed by atoms with Crippen molar-refractivity contribution in [1.29, 1.82) is 0 Å². The molecule has 0 radical (unpaired) electrons. The predicted octanol–water partition coefficient (Wildman–Crippen LogP) is 3.20. The summed E-state index contributed by atoms with van der Waals surface area (Å²) >= 11 is 1.66. The Bertz CT molecular complexity index is 793. The van der Waals surface area contributed by atoms with Crippen molar-refractivity contribution in [3.05, 3.63) is 59.4 Å². The standard InChI is InChI=1S/C17H18N2O3S/c1-17(21,15-7-4-8-22-15)11-19-16(20)18-9-12-10-23-14-6-3-2-5-13(12)14/h2-8,10,21H,9,11H2,1H3,(H2,18,19,20)/t17-/m1/s1. The predicted molar refractivity (Wildman–Crippen MR) is 90.3 cm³/mol. The van der Waals surface area contributed by atoms with Crippen LogP contribution in [-0.4, -0.2) is 17.7 Å². The molecule has 2 heterocycles. The molecule has 0 spiro atoms. The number of carbonyl (C=O) groups is 1. The SMILES string of the molecule is C[C@@](O)(CNC(=O)NCc1csc2ccccc12)c1ccco1. The lowest BCUT2D eigenvalue weighted by Crippen LogP contribution is -2.43. The molecular formula is C17H18N2O3S. The third-order valence-corrected chi connectivity index (χ3v) is 4.66. The molecule has 1 atom stereocenters. The van der Waals surface area contributed by atoms with E-state index in [1.54, 1.807) is 30.4 Å². The minimum absolute atomic E-state index is 0.0662. The highest BCUT2D eigenvalue weighted by molar-refractivity contribution is 7.17. The quantitative estimate of drug-likeness (QED) is 0.672. The number of rotatable bonds is 5. The lowest BCUT2D eigenvalue weighted by Gasteiger charge is -2.21. The van der Waals surface area contributed by atoms with E-state index in [-0.39, 0.29) is 12.6 Å². The Morgan fingerprint density at radius 2 is 2.09 bits per heavy atom. The smallest absolute Gasteiger partial charge is 0.315 e. The Morgan fingerprint density at radius 3 is 2.87 bits per heavy atom. The third-order valence-electron chi connectivity index (χ3n) is 3.65. The van der Waals surface area contributed by atoms with Gasteiger partial charge in [0, 0.05) is 11.2 Å². The van der Waals surface area contributed by atoms with Crippen LogP contribution >= 0.6 is 11.3 Å². The monoisotopic (exact) mass is 330 g/mol. The lowest BCUT2D eigenvalue weighted by molar-refractivity contribution is 0.0367. The summed E-state index contributed by atoms with van der Waals surface area (Å²) in [6.45, 7) is 2.11. The average Bonchev–Trinajstić information content (AvgIpc) is 3.21. The Hall–Kier alpha value is -2.31. The van der Waals surface area contributed by atoms with Gasteiger partial charge in [-0.2, -0.15) is 0 Å². The molecule has 3 rings (SSSR count). The summed E-state index contributed by atoms with van der Waals surface area (Å²) in [6.07, 6.45) is 1.49. The molecule has 0 unspecified atom stereocenters. The number of fused-ring (bicyclic) bond motifs is 1. The zero-order valence-electron chi connectivity index (χ0n) is 12.7. The van der Waals surface area contributed by atoms with Crippen LogP contribution in [0.5, 0.6) is 0 Å². The van der Waals surface area contributed by atoms with Crippen molar-refractivity contribution in [2.24, 2.45) is 0 Å². The van der Waals surface area contributed by atoms with Crippen LogP contribution in [0.25, 0.3) is 10.1 Å². The van der Waals surface area contributed by atoms with Crippen LogP contribution in [-0.2, 0) is 12.1 Å². The molecule has 0 aliphatic rings. The number of benzene rings is 1. The van der Waals surface area contributed by atoms with Gasteiger partial charge in [-0.15, -0.1) is 11.3 Å². The number of hydrogen-bond donors (Lipinski definition) is 3. The second kappa shape index (κ2) is 6.44. The van der Waals surface area contributed by atoms with E-state index in [0.717, 1.165) is 10.9 Å². The Morgan fingerprint density at radius 1 is 1.26 bits per heavy atom. The fraction of sp³-hybridized carbons (Fsp3) is 0.235. The van der Waals surface area contributed by atoms with E-state index in [1.807, 2.05) is 23.6 Å². The fourth-order valence-corrected chi connectivity index (χ4v) is 3.29. The number of furan rings is 1. The highest BCUT2D eigenvalue weighted by Crippen LogP contribution is 2.25. The van der Waals surface area contributed by atoms with Gasteiger partial charge in [0.25, 0.3) is 0 Å². The van der Waals surface area contributed by atoms with Crippen molar-refractivity contribution in [2.75, 3.05) is 6.54 Å². The second-order valence-corrected chi connectivity index (χ2v) is 6.46. The number of aliphatic hydroxyl groups is 1. The number of thiophene rings is 1. The van der Waals surface area contributed by atoms with Gasteiger partial charge in [0.15, 0.2) is 0 Å². The highest BCUT2D eigenvalue weighted by atomic mass is 32.1. The first-order valence-corrected chi connectivity index (χ1v) is 8.17. The summed E-state index contributed by atoms with van der Waals surface area (Å²) in [5.41, 5.74) is -0.158. The maximum absolute atomic E-state index is 11.9. The van der Waals surface area contributed by atoms with Crippen LogP contribution in [0.1, 0.15) is 18.2 Å². The van der Waals surface area contributed by atoms with Gasteiger partial charge >= 0.3 is 6.03 Å². The van der Waals surface area contributed by atoms with Gasteiger partial charge in [0.2, 0.25) is 0 Å². The molecule has 6 heteroatoms. The van der Waals surface area contributed by atoms with Crippen LogP contribution in [0.3, 0.4) is 0 Å². The van der Waals surface area contributed by atoms with Gasteiger partial charge in [-0.05, 0) is 41.5 Å². The normalized spacial score (nSPS) is 13.7. The van der Waals surface area contributed by atoms with E-state index >= 15 is 0 Å². The van der Waals surface area contributed by atoms with E-state index in [9.17, 15) is 9.90 Å². The Kier molecular flexibility index (Phi) is 4.36. The molecule has 5 nitrogen and oxygen atoms in total.